The molecule has 0 bridgehead atoms. The average Bonchev–Trinajstić information content (AvgIpc) is 3.41. The third kappa shape index (κ3) is 4.16. The average molecular weight is 505 g/mol. The predicted octanol–water partition coefficient (Wildman–Crippen LogP) is 3.14. The Kier molecular flexibility index (Phi) is 5.61. The van der Waals surface area contributed by atoms with Gasteiger partial charge in [0.2, 0.25) is 13.2 Å². The quantitative estimate of drug-likeness (QED) is 0.499. The first kappa shape index (κ1) is 20.4. The van der Waals surface area contributed by atoms with Crippen LogP contribution in [0.4, 0.5) is 0 Å². The SMILES string of the molecule is N=c1ncn(CCC2CCCN(C=O)C2)c2nc(Sc3cc4c(cc3Br)OCO4)[nH]c12. The van der Waals surface area contributed by atoms with Crippen LogP contribution in [0.15, 0.2) is 33.0 Å². The smallest absolute Gasteiger partial charge is 0.231 e. The first-order chi connectivity index (χ1) is 15.1. The Morgan fingerprint density at radius 2 is 2.19 bits per heavy atom. The Labute approximate surface area is 190 Å². The van der Waals surface area contributed by atoms with Crippen LogP contribution in [0.5, 0.6) is 11.5 Å². The largest absolute Gasteiger partial charge is 0.454 e. The molecule has 2 aliphatic rings. The highest BCUT2D eigenvalue weighted by atomic mass is 79.9. The van der Waals surface area contributed by atoms with Crippen LogP contribution in [0.3, 0.4) is 0 Å². The minimum atomic E-state index is 0.167. The second kappa shape index (κ2) is 8.54. The van der Waals surface area contributed by atoms with Gasteiger partial charge in [0.05, 0.1) is 6.33 Å². The molecule has 162 valence electrons. The van der Waals surface area contributed by atoms with Crippen LogP contribution >= 0.6 is 27.7 Å². The second-order valence-corrected chi connectivity index (χ2v) is 9.55. The molecule has 31 heavy (non-hydrogen) atoms. The number of imidazole rings is 1. The van der Waals surface area contributed by atoms with Crippen LogP contribution < -0.4 is 15.0 Å². The van der Waals surface area contributed by atoms with E-state index in [2.05, 4.69) is 25.9 Å². The van der Waals surface area contributed by atoms with Gasteiger partial charge in [-0.05, 0) is 53.2 Å². The van der Waals surface area contributed by atoms with Crippen molar-refractivity contribution in [2.45, 2.75) is 35.9 Å². The van der Waals surface area contributed by atoms with Gasteiger partial charge in [0.15, 0.2) is 27.8 Å². The Morgan fingerprint density at radius 3 is 3.03 bits per heavy atom. The summed E-state index contributed by atoms with van der Waals surface area (Å²) in [6.45, 7) is 2.61. The molecule has 0 radical (unpaired) electrons. The van der Waals surface area contributed by atoms with Crippen molar-refractivity contribution >= 4 is 45.3 Å². The summed E-state index contributed by atoms with van der Waals surface area (Å²) in [6.07, 6.45) is 5.72. The highest BCUT2D eigenvalue weighted by molar-refractivity contribution is 9.10. The second-order valence-electron chi connectivity index (χ2n) is 7.66. The summed E-state index contributed by atoms with van der Waals surface area (Å²) < 4.78 is 13.8. The van der Waals surface area contributed by atoms with Gasteiger partial charge in [-0.1, -0.05) is 11.8 Å². The molecule has 5 rings (SSSR count). The number of fused-ring (bicyclic) bond motifs is 2. The van der Waals surface area contributed by atoms with E-state index in [1.807, 2.05) is 21.6 Å². The zero-order chi connectivity index (χ0) is 21.4. The number of aryl methyl sites for hydroxylation is 1. The van der Waals surface area contributed by atoms with Crippen molar-refractivity contribution in [1.29, 1.82) is 5.41 Å². The lowest BCUT2D eigenvalue weighted by molar-refractivity contribution is -0.119. The minimum absolute atomic E-state index is 0.167. The molecule has 2 aliphatic heterocycles. The van der Waals surface area contributed by atoms with Crippen molar-refractivity contribution in [2.75, 3.05) is 19.9 Å². The fourth-order valence-corrected chi connectivity index (χ4v) is 5.39. The summed E-state index contributed by atoms with van der Waals surface area (Å²) >= 11 is 5.03. The van der Waals surface area contributed by atoms with Gasteiger partial charge >= 0.3 is 0 Å². The van der Waals surface area contributed by atoms with Crippen molar-refractivity contribution in [1.82, 2.24) is 24.4 Å². The zero-order valence-electron chi connectivity index (χ0n) is 16.6. The van der Waals surface area contributed by atoms with Gasteiger partial charge in [0, 0.05) is 29.0 Å². The number of piperidine rings is 1. The number of amides is 1. The summed E-state index contributed by atoms with van der Waals surface area (Å²) in [5.74, 6) is 1.89. The molecule has 1 saturated heterocycles. The normalized spacial score (nSPS) is 18.0. The van der Waals surface area contributed by atoms with E-state index in [1.54, 1.807) is 6.33 Å². The Balaban J connectivity index is 1.38. The van der Waals surface area contributed by atoms with Gasteiger partial charge in [-0.15, -0.1) is 0 Å². The third-order valence-corrected chi connectivity index (χ3v) is 7.47. The van der Waals surface area contributed by atoms with Gasteiger partial charge < -0.3 is 23.9 Å². The number of likely N-dealkylation sites (tertiary alicyclic amines) is 1. The number of ether oxygens (including phenoxy) is 2. The lowest BCUT2D eigenvalue weighted by Crippen LogP contribution is -2.34. The standard InChI is InChI=1S/C20H21BrN6O3S/c21-13-6-14-15(30-11-29-14)7-16(13)31-20-24-17-18(22)23-9-27(19(17)25-20)5-3-12-2-1-4-26(8-12)10-28/h6-7,9-10,12,22H,1-5,8,11H2,(H,24,25). The van der Waals surface area contributed by atoms with Gasteiger partial charge in [0.1, 0.15) is 5.52 Å². The van der Waals surface area contributed by atoms with Gasteiger partial charge in [-0.2, -0.15) is 0 Å². The number of aromatic nitrogens is 4. The molecular formula is C20H21BrN6O3S. The number of carbonyl (C=O) groups excluding carboxylic acids is 1. The number of H-pyrrole nitrogens is 1. The maximum Gasteiger partial charge on any atom is 0.231 e. The fourth-order valence-electron chi connectivity index (χ4n) is 4.01. The van der Waals surface area contributed by atoms with Crippen LogP contribution in [-0.4, -0.2) is 50.7 Å². The number of hydrogen-bond acceptors (Lipinski definition) is 7. The summed E-state index contributed by atoms with van der Waals surface area (Å²) in [5, 5.41) is 8.85. The van der Waals surface area contributed by atoms with Gasteiger partial charge in [0.25, 0.3) is 0 Å². The molecule has 1 unspecified atom stereocenters. The van der Waals surface area contributed by atoms with Crippen molar-refractivity contribution < 1.29 is 14.3 Å². The number of aromatic amines is 1. The van der Waals surface area contributed by atoms with E-state index in [0.29, 0.717) is 33.7 Å². The highest BCUT2D eigenvalue weighted by Gasteiger charge is 2.20. The first-order valence-electron chi connectivity index (χ1n) is 10.1. The number of halogens is 1. The van der Waals surface area contributed by atoms with E-state index < -0.39 is 0 Å². The van der Waals surface area contributed by atoms with E-state index in [9.17, 15) is 4.79 Å². The number of nitrogens with one attached hydrogen (secondary N) is 2. The van der Waals surface area contributed by atoms with Crippen molar-refractivity contribution in [3.8, 4) is 11.5 Å². The molecule has 3 aromatic rings. The van der Waals surface area contributed by atoms with Crippen molar-refractivity contribution in [2.24, 2.45) is 5.92 Å². The summed E-state index contributed by atoms with van der Waals surface area (Å²) in [5.41, 5.74) is 1.49. The molecule has 1 aromatic carbocycles. The van der Waals surface area contributed by atoms with Crippen LogP contribution in [-0.2, 0) is 11.3 Å². The summed E-state index contributed by atoms with van der Waals surface area (Å²) in [4.78, 5) is 26.1. The molecule has 11 heteroatoms. The molecule has 0 spiro atoms. The summed E-state index contributed by atoms with van der Waals surface area (Å²) in [6, 6.07) is 3.80. The molecule has 0 aliphatic carbocycles. The zero-order valence-corrected chi connectivity index (χ0v) is 19.0. The number of carbonyl (C=O) groups is 1. The fraction of sp³-hybridized carbons (Fsp3) is 0.400. The summed E-state index contributed by atoms with van der Waals surface area (Å²) in [7, 11) is 0. The number of hydrogen-bond donors (Lipinski definition) is 2. The maximum atomic E-state index is 11.1. The highest BCUT2D eigenvalue weighted by Crippen LogP contribution is 2.42. The molecule has 1 amide bonds. The van der Waals surface area contributed by atoms with Crippen LogP contribution in [0.25, 0.3) is 11.2 Å². The van der Waals surface area contributed by atoms with E-state index >= 15 is 0 Å². The van der Waals surface area contributed by atoms with E-state index in [-0.39, 0.29) is 12.3 Å². The third-order valence-electron chi connectivity index (χ3n) is 5.61. The molecule has 2 aromatic heterocycles. The molecule has 0 saturated carbocycles. The molecular weight excluding hydrogens is 484 g/mol. The van der Waals surface area contributed by atoms with Crippen LogP contribution in [0.1, 0.15) is 19.3 Å². The Bertz CT molecular complexity index is 1200. The van der Waals surface area contributed by atoms with E-state index in [1.165, 1.54) is 11.8 Å². The maximum absolute atomic E-state index is 11.1. The van der Waals surface area contributed by atoms with Gasteiger partial charge in [-0.25, -0.2) is 9.97 Å². The molecule has 9 nitrogen and oxygen atoms in total. The lowest BCUT2D eigenvalue weighted by atomic mass is 9.95. The van der Waals surface area contributed by atoms with E-state index in [4.69, 9.17) is 19.9 Å². The Hall–Kier alpha value is -2.53. The Morgan fingerprint density at radius 1 is 1.35 bits per heavy atom. The number of benzene rings is 1. The van der Waals surface area contributed by atoms with Crippen LogP contribution in [0.2, 0.25) is 0 Å². The minimum Gasteiger partial charge on any atom is -0.454 e. The predicted molar refractivity (Wildman–Crippen MR) is 117 cm³/mol. The molecule has 2 N–H and O–H groups in total. The van der Waals surface area contributed by atoms with Gasteiger partial charge in [-0.3, -0.25) is 10.2 Å². The van der Waals surface area contributed by atoms with Crippen molar-refractivity contribution in [3.05, 3.63) is 28.4 Å². The molecule has 1 fully saturated rings. The molecule has 4 heterocycles. The molecule has 1 atom stereocenters. The topological polar surface area (TPSA) is 109 Å². The number of rotatable bonds is 6. The monoisotopic (exact) mass is 504 g/mol. The lowest BCUT2D eigenvalue weighted by Gasteiger charge is -2.30. The number of nitrogens with zero attached hydrogens (tertiary/aromatic N) is 4. The van der Waals surface area contributed by atoms with Crippen LogP contribution in [0, 0.1) is 11.3 Å². The van der Waals surface area contributed by atoms with Crippen molar-refractivity contribution in [3.63, 3.8) is 0 Å². The van der Waals surface area contributed by atoms with E-state index in [0.717, 1.165) is 54.7 Å². The first-order valence-corrected chi connectivity index (χ1v) is 11.7.